The lowest BCUT2D eigenvalue weighted by Gasteiger charge is -2.24. The van der Waals surface area contributed by atoms with Gasteiger partial charge in [-0.25, -0.2) is 8.42 Å². The number of hydrogen-bond donors (Lipinski definition) is 0. The van der Waals surface area contributed by atoms with Gasteiger partial charge >= 0.3 is 0 Å². The topological polar surface area (TPSA) is 47.3 Å². The van der Waals surface area contributed by atoms with Crippen LogP contribution in [-0.4, -0.2) is 22.2 Å². The van der Waals surface area contributed by atoms with E-state index in [0.29, 0.717) is 5.75 Å². The predicted molar refractivity (Wildman–Crippen MR) is 125 cm³/mol. The van der Waals surface area contributed by atoms with Crippen LogP contribution >= 0.6 is 0 Å². The van der Waals surface area contributed by atoms with Crippen LogP contribution in [0.15, 0.2) is 16.7 Å². The van der Waals surface area contributed by atoms with Crippen molar-refractivity contribution in [2.75, 3.05) is 5.75 Å². The normalized spacial score (nSPS) is 12.6. The first kappa shape index (κ1) is 25.5. The van der Waals surface area contributed by atoms with Crippen LogP contribution in [0.1, 0.15) is 97.5 Å². The predicted octanol–water partition coefficient (Wildman–Crippen LogP) is 6.83. The van der Waals surface area contributed by atoms with Crippen molar-refractivity contribution in [3.05, 3.63) is 17.9 Å². The van der Waals surface area contributed by atoms with Gasteiger partial charge in [0.1, 0.15) is 8.07 Å². The summed E-state index contributed by atoms with van der Waals surface area (Å²) in [5.74, 6) is 0.442. The van der Waals surface area contributed by atoms with Crippen LogP contribution in [0.3, 0.4) is 0 Å². The molecule has 0 radical (unpaired) electrons. The molecule has 1 heterocycles. The third-order valence-corrected chi connectivity index (χ3v) is 13.5. The van der Waals surface area contributed by atoms with Gasteiger partial charge in [0.05, 0.1) is 23.2 Å². The molecule has 0 fully saturated rings. The Balaban J connectivity index is 2.31. The van der Waals surface area contributed by atoms with Crippen molar-refractivity contribution in [2.45, 2.75) is 116 Å². The lowest BCUT2D eigenvalue weighted by atomic mass is 10.1. The fraction of sp³-hybridized carbons (Fsp3) is 0.826. The summed E-state index contributed by atoms with van der Waals surface area (Å²) >= 11 is 0. The maximum absolute atomic E-state index is 12.5. The number of rotatable bonds is 17. The second-order valence-electron chi connectivity index (χ2n) is 8.43. The van der Waals surface area contributed by atoms with Crippen LogP contribution in [0.2, 0.25) is 18.1 Å². The number of unbranched alkanes of at least 4 members (excludes halogenated alkanes) is 9. The van der Waals surface area contributed by atoms with E-state index in [9.17, 15) is 8.42 Å². The Morgan fingerprint density at radius 2 is 1.29 bits per heavy atom. The molecule has 1 aromatic rings. The average Bonchev–Trinajstić information content (AvgIpc) is 3.13. The van der Waals surface area contributed by atoms with Crippen molar-refractivity contribution in [3.8, 4) is 0 Å². The molecule has 0 aromatic carbocycles. The minimum absolute atomic E-state index is 0.134. The van der Waals surface area contributed by atoms with Gasteiger partial charge in [-0.3, -0.25) is 0 Å². The molecule has 0 spiro atoms. The van der Waals surface area contributed by atoms with Gasteiger partial charge in [0.2, 0.25) is 0 Å². The molecule has 0 aliphatic heterocycles. The second kappa shape index (κ2) is 13.6. The highest BCUT2D eigenvalue weighted by Crippen LogP contribution is 2.22. The van der Waals surface area contributed by atoms with E-state index in [4.69, 9.17) is 4.42 Å². The van der Waals surface area contributed by atoms with Crippen LogP contribution < -0.4 is 5.38 Å². The van der Waals surface area contributed by atoms with E-state index in [1.54, 1.807) is 6.26 Å². The molecule has 0 bridgehead atoms. The lowest BCUT2D eigenvalue weighted by Crippen LogP contribution is -2.44. The Morgan fingerprint density at radius 1 is 0.786 bits per heavy atom. The number of sulfone groups is 1. The molecule has 5 heteroatoms. The van der Waals surface area contributed by atoms with E-state index in [0.717, 1.165) is 48.3 Å². The first-order valence-corrected chi connectivity index (χ1v) is 16.2. The largest absolute Gasteiger partial charge is 0.474 e. The Kier molecular flexibility index (Phi) is 12.4. The van der Waals surface area contributed by atoms with E-state index >= 15 is 0 Å². The third kappa shape index (κ3) is 8.85. The van der Waals surface area contributed by atoms with Gasteiger partial charge in [0.15, 0.2) is 9.84 Å². The summed E-state index contributed by atoms with van der Waals surface area (Å²) < 4.78 is 30.8. The van der Waals surface area contributed by atoms with E-state index in [2.05, 4.69) is 27.7 Å². The molecule has 0 aliphatic rings. The summed E-state index contributed by atoms with van der Waals surface area (Å²) in [4.78, 5) is 0. The van der Waals surface area contributed by atoms with Crippen molar-refractivity contribution in [2.24, 2.45) is 0 Å². The van der Waals surface area contributed by atoms with E-state index in [1.165, 1.54) is 44.9 Å². The van der Waals surface area contributed by atoms with Crippen molar-refractivity contribution in [1.82, 2.24) is 0 Å². The zero-order valence-electron chi connectivity index (χ0n) is 18.9. The molecular weight excluding hydrogens is 384 g/mol. The molecule has 0 amide bonds. The zero-order valence-corrected chi connectivity index (χ0v) is 20.7. The Bertz CT molecular complexity index is 609. The van der Waals surface area contributed by atoms with Crippen LogP contribution in [0.4, 0.5) is 0 Å². The monoisotopic (exact) mass is 428 g/mol. The van der Waals surface area contributed by atoms with Crippen molar-refractivity contribution in [1.29, 1.82) is 0 Å². The van der Waals surface area contributed by atoms with Crippen molar-refractivity contribution < 1.29 is 12.8 Å². The molecule has 28 heavy (non-hydrogen) atoms. The molecule has 0 atom stereocenters. The summed E-state index contributed by atoms with van der Waals surface area (Å²) in [5, 5.41) is 1.09. The van der Waals surface area contributed by atoms with Gasteiger partial charge in [-0.15, -0.1) is 0 Å². The standard InChI is InChI=1S/C23H44O3SSi/c1-5-9-10-11-12-13-14-15-16-17-18-27(24,25)21-22-19-23(26-20-22)28(6-2,7-3)8-4/h19-20H,5-18,21H2,1-4H3. The molecule has 0 saturated heterocycles. The first-order chi connectivity index (χ1) is 13.4. The van der Waals surface area contributed by atoms with Crippen molar-refractivity contribution in [3.63, 3.8) is 0 Å². The first-order valence-electron chi connectivity index (χ1n) is 11.7. The smallest absolute Gasteiger partial charge is 0.154 e. The zero-order chi connectivity index (χ0) is 20.9. The summed E-state index contributed by atoms with van der Waals surface area (Å²) in [7, 11) is -4.60. The van der Waals surface area contributed by atoms with Crippen LogP contribution in [0, 0.1) is 0 Å². The molecule has 1 aromatic heterocycles. The molecular formula is C23H44O3SSi. The maximum Gasteiger partial charge on any atom is 0.154 e. The second-order valence-corrected chi connectivity index (χ2v) is 15.8. The molecule has 1 rings (SSSR count). The fourth-order valence-electron chi connectivity index (χ4n) is 4.14. The quantitative estimate of drug-likeness (QED) is 0.202. The molecule has 0 N–H and O–H groups in total. The van der Waals surface area contributed by atoms with E-state index in [-0.39, 0.29) is 5.75 Å². The highest BCUT2D eigenvalue weighted by molar-refractivity contribution is 7.90. The minimum Gasteiger partial charge on any atom is -0.474 e. The van der Waals surface area contributed by atoms with E-state index in [1.807, 2.05) is 6.07 Å². The fourth-order valence-corrected chi connectivity index (χ4v) is 8.93. The molecule has 164 valence electrons. The van der Waals surface area contributed by atoms with Gasteiger partial charge in [-0.1, -0.05) is 104 Å². The third-order valence-electron chi connectivity index (χ3n) is 6.40. The Hall–Kier alpha value is -0.553. The molecule has 3 nitrogen and oxygen atoms in total. The summed E-state index contributed by atoms with van der Waals surface area (Å²) in [6.45, 7) is 8.96. The number of hydrogen-bond acceptors (Lipinski definition) is 3. The minimum atomic E-state index is -3.04. The van der Waals surface area contributed by atoms with Gasteiger partial charge < -0.3 is 4.42 Å². The molecule has 0 aliphatic carbocycles. The summed E-state index contributed by atoms with van der Waals surface area (Å²) in [6.07, 6.45) is 13.9. The Labute approximate surface area is 175 Å². The SMILES string of the molecule is CCCCCCCCCCCCS(=O)(=O)Cc1coc([Si](CC)(CC)CC)c1. The highest BCUT2D eigenvalue weighted by Gasteiger charge is 2.33. The highest BCUT2D eigenvalue weighted by atomic mass is 32.2. The van der Waals surface area contributed by atoms with Gasteiger partial charge in [-0.05, 0) is 12.5 Å². The Morgan fingerprint density at radius 3 is 1.79 bits per heavy atom. The number of furan rings is 1. The van der Waals surface area contributed by atoms with Crippen LogP contribution in [0.25, 0.3) is 0 Å². The van der Waals surface area contributed by atoms with Gasteiger partial charge in [0, 0.05) is 5.56 Å². The summed E-state index contributed by atoms with van der Waals surface area (Å²) in [5.41, 5.74) is 0.842. The molecule has 0 unspecified atom stereocenters. The lowest BCUT2D eigenvalue weighted by molar-refractivity contribution is 0.557. The van der Waals surface area contributed by atoms with Gasteiger partial charge in [-0.2, -0.15) is 0 Å². The maximum atomic E-state index is 12.5. The van der Waals surface area contributed by atoms with E-state index < -0.39 is 17.9 Å². The summed E-state index contributed by atoms with van der Waals surface area (Å²) in [6, 6.07) is 5.49. The van der Waals surface area contributed by atoms with Gasteiger partial charge in [0.25, 0.3) is 0 Å². The average molecular weight is 429 g/mol. The van der Waals surface area contributed by atoms with Crippen LogP contribution in [0.5, 0.6) is 0 Å². The molecule has 0 saturated carbocycles. The van der Waals surface area contributed by atoms with Crippen LogP contribution in [-0.2, 0) is 15.6 Å². The van der Waals surface area contributed by atoms with Crippen molar-refractivity contribution >= 4 is 23.3 Å².